The van der Waals surface area contributed by atoms with Gasteiger partial charge in [0.25, 0.3) is 5.91 Å². The second-order valence-corrected chi connectivity index (χ2v) is 5.01. The fourth-order valence-electron chi connectivity index (χ4n) is 1.57. The van der Waals surface area contributed by atoms with Crippen molar-refractivity contribution in [2.45, 2.75) is 10.1 Å². The summed E-state index contributed by atoms with van der Waals surface area (Å²) in [6.45, 7) is 0. The molecule has 0 aliphatic rings. The van der Waals surface area contributed by atoms with E-state index in [9.17, 15) is 4.79 Å². The molecule has 0 fully saturated rings. The van der Waals surface area contributed by atoms with Crippen LogP contribution < -0.4 is 17.0 Å². The van der Waals surface area contributed by atoms with Crippen molar-refractivity contribution in [3.8, 4) is 0 Å². The molecule has 5 N–H and O–H groups in total. The molecule has 1 heterocycles. The number of pyridine rings is 1. The van der Waals surface area contributed by atoms with Gasteiger partial charge in [-0.3, -0.25) is 10.2 Å². The number of hydrazine groups is 1. The standard InChI is InChI=1S/C13H14N4OS/c14-11-7-6-10(8-16-11)19-12(13(18)17-15)9-4-2-1-3-5-9/h1-8,12H,15H2,(H2,14,16)(H,17,18). The number of carbonyl (C=O) groups excluding carboxylic acids is 1. The fourth-order valence-corrected chi connectivity index (χ4v) is 2.57. The van der Waals surface area contributed by atoms with E-state index in [2.05, 4.69) is 10.4 Å². The van der Waals surface area contributed by atoms with E-state index in [-0.39, 0.29) is 5.91 Å². The number of anilines is 1. The molecule has 0 saturated heterocycles. The molecule has 0 saturated carbocycles. The maximum Gasteiger partial charge on any atom is 0.251 e. The minimum Gasteiger partial charge on any atom is -0.384 e. The van der Waals surface area contributed by atoms with E-state index in [1.807, 2.05) is 36.4 Å². The number of benzene rings is 1. The van der Waals surface area contributed by atoms with E-state index in [0.29, 0.717) is 5.82 Å². The van der Waals surface area contributed by atoms with Gasteiger partial charge in [0, 0.05) is 11.1 Å². The van der Waals surface area contributed by atoms with Gasteiger partial charge < -0.3 is 5.73 Å². The van der Waals surface area contributed by atoms with E-state index in [4.69, 9.17) is 11.6 Å². The fraction of sp³-hybridized carbons (Fsp3) is 0.0769. The third kappa shape index (κ3) is 3.46. The minimum atomic E-state index is -0.420. The molecule has 5 nitrogen and oxygen atoms in total. The molecular weight excluding hydrogens is 260 g/mol. The highest BCUT2D eigenvalue weighted by Crippen LogP contribution is 2.34. The van der Waals surface area contributed by atoms with Crippen LogP contribution in [-0.4, -0.2) is 10.9 Å². The van der Waals surface area contributed by atoms with Crippen molar-refractivity contribution in [1.29, 1.82) is 0 Å². The van der Waals surface area contributed by atoms with Gasteiger partial charge >= 0.3 is 0 Å². The predicted octanol–water partition coefficient (Wildman–Crippen LogP) is 1.49. The molecule has 0 spiro atoms. The van der Waals surface area contributed by atoms with Crippen molar-refractivity contribution in [3.05, 3.63) is 54.2 Å². The largest absolute Gasteiger partial charge is 0.384 e. The lowest BCUT2D eigenvalue weighted by Gasteiger charge is -2.15. The predicted molar refractivity (Wildman–Crippen MR) is 76.0 cm³/mol. The monoisotopic (exact) mass is 274 g/mol. The number of aromatic nitrogens is 1. The number of hydrogen-bond acceptors (Lipinski definition) is 5. The Hall–Kier alpha value is -2.05. The van der Waals surface area contributed by atoms with Gasteiger partial charge in [-0.05, 0) is 17.7 Å². The number of amides is 1. The lowest BCUT2D eigenvalue weighted by Crippen LogP contribution is -2.33. The van der Waals surface area contributed by atoms with Crippen LogP contribution in [0.1, 0.15) is 10.8 Å². The zero-order chi connectivity index (χ0) is 13.7. The van der Waals surface area contributed by atoms with Gasteiger partial charge in [-0.15, -0.1) is 11.8 Å². The molecule has 1 aromatic carbocycles. The molecule has 0 aliphatic heterocycles. The average Bonchev–Trinajstić information content (AvgIpc) is 2.47. The second kappa shape index (κ2) is 6.21. The Morgan fingerprint density at radius 1 is 1.21 bits per heavy atom. The molecule has 0 aliphatic carbocycles. The number of hydrogen-bond donors (Lipinski definition) is 3. The number of nitrogens with two attached hydrogens (primary N) is 2. The Kier molecular flexibility index (Phi) is 4.38. The molecule has 1 unspecified atom stereocenters. The zero-order valence-corrected chi connectivity index (χ0v) is 10.9. The third-order valence-electron chi connectivity index (χ3n) is 2.50. The number of nitrogen functional groups attached to an aromatic ring is 1. The summed E-state index contributed by atoms with van der Waals surface area (Å²) in [5.41, 5.74) is 8.61. The quantitative estimate of drug-likeness (QED) is 0.340. The first-order valence-electron chi connectivity index (χ1n) is 5.64. The maximum absolute atomic E-state index is 11.9. The van der Waals surface area contributed by atoms with E-state index in [0.717, 1.165) is 10.5 Å². The number of thioether (sulfide) groups is 1. The maximum atomic E-state index is 11.9. The van der Waals surface area contributed by atoms with Crippen molar-refractivity contribution in [1.82, 2.24) is 10.4 Å². The van der Waals surface area contributed by atoms with Gasteiger partial charge in [0.05, 0.1) is 0 Å². The molecule has 1 atom stereocenters. The summed E-state index contributed by atoms with van der Waals surface area (Å²) >= 11 is 1.37. The van der Waals surface area contributed by atoms with Gasteiger partial charge in [-0.25, -0.2) is 10.8 Å². The summed E-state index contributed by atoms with van der Waals surface area (Å²) in [5.74, 6) is 5.43. The Morgan fingerprint density at radius 3 is 2.53 bits per heavy atom. The number of carbonyl (C=O) groups is 1. The van der Waals surface area contributed by atoms with Crippen molar-refractivity contribution in [2.75, 3.05) is 5.73 Å². The van der Waals surface area contributed by atoms with Crippen LogP contribution in [0.15, 0.2) is 53.6 Å². The summed E-state index contributed by atoms with van der Waals surface area (Å²) in [6, 6.07) is 13.0. The van der Waals surface area contributed by atoms with Crippen LogP contribution in [0, 0.1) is 0 Å². The van der Waals surface area contributed by atoms with E-state index in [1.165, 1.54) is 11.8 Å². The molecule has 19 heavy (non-hydrogen) atoms. The molecule has 2 aromatic rings. The summed E-state index contributed by atoms with van der Waals surface area (Å²) in [5, 5.41) is -0.420. The molecule has 0 radical (unpaired) electrons. The van der Waals surface area contributed by atoms with Gasteiger partial charge in [-0.1, -0.05) is 30.3 Å². The molecule has 6 heteroatoms. The summed E-state index contributed by atoms with van der Waals surface area (Å²) in [6.07, 6.45) is 1.64. The number of nitrogens with one attached hydrogen (secondary N) is 1. The Morgan fingerprint density at radius 2 is 1.95 bits per heavy atom. The second-order valence-electron chi connectivity index (χ2n) is 3.84. The first-order valence-corrected chi connectivity index (χ1v) is 6.52. The smallest absolute Gasteiger partial charge is 0.251 e. The van der Waals surface area contributed by atoms with Gasteiger partial charge in [0.15, 0.2) is 0 Å². The highest BCUT2D eigenvalue weighted by Gasteiger charge is 2.21. The van der Waals surface area contributed by atoms with E-state index >= 15 is 0 Å². The Labute approximate surface area is 115 Å². The topological polar surface area (TPSA) is 94.0 Å². The summed E-state index contributed by atoms with van der Waals surface area (Å²) in [7, 11) is 0. The van der Waals surface area contributed by atoms with Crippen LogP contribution >= 0.6 is 11.8 Å². The van der Waals surface area contributed by atoms with Crippen LogP contribution in [0.25, 0.3) is 0 Å². The highest BCUT2D eigenvalue weighted by atomic mass is 32.2. The summed E-state index contributed by atoms with van der Waals surface area (Å²) < 4.78 is 0. The summed E-state index contributed by atoms with van der Waals surface area (Å²) in [4.78, 5) is 16.7. The van der Waals surface area contributed by atoms with Gasteiger partial charge in [-0.2, -0.15) is 0 Å². The average molecular weight is 274 g/mol. The lowest BCUT2D eigenvalue weighted by molar-refractivity contribution is -0.120. The van der Waals surface area contributed by atoms with Crippen LogP contribution in [0.3, 0.4) is 0 Å². The molecule has 1 aromatic heterocycles. The minimum absolute atomic E-state index is 0.256. The van der Waals surface area contributed by atoms with Gasteiger partial charge in [0.1, 0.15) is 11.1 Å². The Bertz CT molecular complexity index is 544. The van der Waals surface area contributed by atoms with Crippen molar-refractivity contribution < 1.29 is 4.79 Å². The molecule has 2 rings (SSSR count). The molecular formula is C13H14N4OS. The zero-order valence-electron chi connectivity index (χ0n) is 10.1. The lowest BCUT2D eigenvalue weighted by atomic mass is 10.1. The highest BCUT2D eigenvalue weighted by molar-refractivity contribution is 8.00. The van der Waals surface area contributed by atoms with Gasteiger partial charge in [0.2, 0.25) is 0 Å². The van der Waals surface area contributed by atoms with E-state index < -0.39 is 5.25 Å². The molecule has 1 amide bonds. The number of nitrogens with zero attached hydrogens (tertiary/aromatic N) is 1. The van der Waals surface area contributed by atoms with Crippen LogP contribution in [-0.2, 0) is 4.79 Å². The number of rotatable bonds is 4. The SMILES string of the molecule is NNC(=O)C(Sc1ccc(N)nc1)c1ccccc1. The van der Waals surface area contributed by atoms with Crippen LogP contribution in [0.5, 0.6) is 0 Å². The Balaban J connectivity index is 2.24. The molecule has 0 bridgehead atoms. The molecule has 98 valence electrons. The first-order chi connectivity index (χ1) is 9.20. The van der Waals surface area contributed by atoms with Crippen LogP contribution in [0.2, 0.25) is 0 Å². The van der Waals surface area contributed by atoms with Crippen molar-refractivity contribution >= 4 is 23.5 Å². The third-order valence-corrected chi connectivity index (χ3v) is 3.73. The van der Waals surface area contributed by atoms with Crippen LogP contribution in [0.4, 0.5) is 5.82 Å². The van der Waals surface area contributed by atoms with E-state index in [1.54, 1.807) is 12.3 Å². The van der Waals surface area contributed by atoms with Crippen molar-refractivity contribution in [2.24, 2.45) is 5.84 Å². The first kappa shape index (κ1) is 13.4. The normalized spacial score (nSPS) is 11.8. The van der Waals surface area contributed by atoms with Crippen molar-refractivity contribution in [3.63, 3.8) is 0 Å².